The van der Waals surface area contributed by atoms with Crippen LogP contribution in [-0.4, -0.2) is 0 Å². The Balaban J connectivity index is 1.72. The summed E-state index contributed by atoms with van der Waals surface area (Å²) in [4.78, 5) is 0. The van der Waals surface area contributed by atoms with E-state index in [1.165, 1.54) is 31.2 Å². The van der Waals surface area contributed by atoms with Crippen molar-refractivity contribution in [2.45, 2.75) is 45.4 Å². The van der Waals surface area contributed by atoms with Crippen molar-refractivity contribution >= 4 is 21.9 Å². The highest BCUT2D eigenvalue weighted by atomic mass is 16.3. The summed E-state index contributed by atoms with van der Waals surface area (Å²) in [6, 6.07) is 10.1. The van der Waals surface area contributed by atoms with Crippen molar-refractivity contribution < 1.29 is 15.8 Å². The van der Waals surface area contributed by atoms with E-state index < -0.39 is 18.1 Å². The van der Waals surface area contributed by atoms with Gasteiger partial charge in [-0.3, -0.25) is 0 Å². The molecule has 0 bridgehead atoms. The van der Waals surface area contributed by atoms with Crippen LogP contribution in [0.4, 0.5) is 0 Å². The second kappa shape index (κ2) is 8.40. The number of pyridine rings is 1. The van der Waals surface area contributed by atoms with Gasteiger partial charge in [0, 0.05) is 28.5 Å². The number of nitrogens with zero attached hydrogens (tertiary/aromatic N) is 2. The van der Waals surface area contributed by atoms with Gasteiger partial charge in [0.15, 0.2) is 6.20 Å². The van der Waals surface area contributed by atoms with Crippen LogP contribution in [0.15, 0.2) is 71.2 Å². The summed E-state index contributed by atoms with van der Waals surface area (Å²) in [7, 11) is 2.02. The first-order chi connectivity index (χ1) is 19.1. The van der Waals surface area contributed by atoms with Crippen molar-refractivity contribution in [2.75, 3.05) is 0 Å². The zero-order valence-electron chi connectivity index (χ0n) is 25.2. The molecule has 5 aromatic rings. The Morgan fingerprint density at radius 1 is 1.00 bits per heavy atom. The summed E-state index contributed by atoms with van der Waals surface area (Å²) in [6.45, 7) is 4.07. The number of furan rings is 1. The van der Waals surface area contributed by atoms with Crippen LogP contribution in [0.1, 0.15) is 60.7 Å². The molecule has 1 aliphatic carbocycles. The molecule has 3 aromatic carbocycles. The Labute approximate surface area is 213 Å². The molecule has 35 heavy (non-hydrogen) atoms. The van der Waals surface area contributed by atoms with Gasteiger partial charge in [0.05, 0.1) is 24.0 Å². The van der Waals surface area contributed by atoms with Gasteiger partial charge < -0.3 is 4.42 Å². The van der Waals surface area contributed by atoms with E-state index in [-0.39, 0.29) is 17.6 Å². The predicted octanol–water partition coefficient (Wildman–Crippen LogP) is 7.89. The fourth-order valence-corrected chi connectivity index (χ4v) is 5.72. The first kappa shape index (κ1) is 16.7. The minimum absolute atomic E-state index is 0.0249. The van der Waals surface area contributed by atoms with Gasteiger partial charge >= 0.3 is 0 Å². The summed E-state index contributed by atoms with van der Waals surface area (Å²) in [5.74, 6) is 0.547. The molecule has 0 amide bonds. The van der Waals surface area contributed by atoms with Crippen molar-refractivity contribution in [1.29, 1.82) is 5.26 Å². The summed E-state index contributed by atoms with van der Waals surface area (Å²) >= 11 is 0. The minimum Gasteiger partial charge on any atom is -0.454 e. The number of aromatic nitrogens is 1. The molecule has 0 atom stereocenters. The highest BCUT2D eigenvalue weighted by Crippen LogP contribution is 2.43. The van der Waals surface area contributed by atoms with Crippen molar-refractivity contribution in [3.05, 3.63) is 89.0 Å². The van der Waals surface area contributed by atoms with Gasteiger partial charge in [-0.25, -0.2) is 4.57 Å². The second-order valence-corrected chi connectivity index (χ2v) is 9.64. The summed E-state index contributed by atoms with van der Waals surface area (Å²) in [6.07, 6.45) is 6.98. The molecule has 0 aliphatic heterocycles. The molecule has 3 heteroatoms. The van der Waals surface area contributed by atoms with Crippen LogP contribution in [0.2, 0.25) is 0 Å². The molecule has 3 nitrogen and oxygen atoms in total. The van der Waals surface area contributed by atoms with Gasteiger partial charge in [0.25, 0.3) is 0 Å². The highest BCUT2D eigenvalue weighted by molar-refractivity contribution is 6.15. The van der Waals surface area contributed by atoms with Gasteiger partial charge in [0.1, 0.15) is 18.2 Å². The predicted molar refractivity (Wildman–Crippen MR) is 141 cm³/mol. The number of hydrogen-bond donors (Lipinski definition) is 0. The average molecular weight is 463 g/mol. The Kier molecular flexibility index (Phi) is 4.00. The zero-order valence-corrected chi connectivity index (χ0v) is 20.2. The van der Waals surface area contributed by atoms with E-state index in [9.17, 15) is 5.26 Å². The van der Waals surface area contributed by atoms with Gasteiger partial charge in [0.2, 0.25) is 5.69 Å². The van der Waals surface area contributed by atoms with Crippen molar-refractivity contribution in [3.63, 3.8) is 0 Å². The molecular weight excluding hydrogens is 428 g/mol. The van der Waals surface area contributed by atoms with Gasteiger partial charge in [-0.2, -0.15) is 5.26 Å². The minimum atomic E-state index is -0.459. The van der Waals surface area contributed by atoms with Crippen LogP contribution in [0.5, 0.6) is 0 Å². The Morgan fingerprint density at radius 3 is 2.51 bits per heavy atom. The zero-order chi connectivity index (χ0) is 28.5. The lowest BCUT2D eigenvalue weighted by molar-refractivity contribution is -0.660. The fourth-order valence-electron chi connectivity index (χ4n) is 5.72. The third-order valence-electron chi connectivity index (χ3n) is 7.39. The van der Waals surface area contributed by atoms with Crippen LogP contribution >= 0.6 is 0 Å². The lowest BCUT2D eigenvalue weighted by atomic mass is 9.92. The van der Waals surface area contributed by atoms with Crippen molar-refractivity contribution in [1.82, 2.24) is 0 Å². The number of benzene rings is 3. The highest BCUT2D eigenvalue weighted by Gasteiger charge is 2.26. The largest absolute Gasteiger partial charge is 0.454 e. The van der Waals surface area contributed by atoms with Crippen molar-refractivity contribution in [3.8, 4) is 28.5 Å². The summed E-state index contributed by atoms with van der Waals surface area (Å²) in [5, 5.41) is 11.4. The monoisotopic (exact) mass is 462 g/mol. The first-order valence-corrected chi connectivity index (χ1v) is 12.1. The summed E-state index contributed by atoms with van der Waals surface area (Å²) in [5.41, 5.74) is 7.05. The van der Waals surface area contributed by atoms with E-state index in [0.717, 1.165) is 27.8 Å². The van der Waals surface area contributed by atoms with Crippen LogP contribution < -0.4 is 4.57 Å². The molecule has 0 radical (unpaired) electrons. The lowest BCUT2D eigenvalue weighted by Crippen LogP contribution is -2.31. The molecule has 0 N–H and O–H groups in total. The molecule has 1 fully saturated rings. The van der Waals surface area contributed by atoms with E-state index in [2.05, 4.69) is 42.0 Å². The topological polar surface area (TPSA) is 40.8 Å². The van der Waals surface area contributed by atoms with Crippen LogP contribution in [0.3, 0.4) is 0 Å². The normalized spacial score (nSPS) is 16.1. The van der Waals surface area contributed by atoms with E-state index >= 15 is 0 Å². The molecule has 1 saturated carbocycles. The molecule has 2 aromatic heterocycles. The average Bonchev–Trinajstić information content (AvgIpc) is 3.60. The molecule has 0 spiro atoms. The second-order valence-electron chi connectivity index (χ2n) is 9.64. The number of rotatable bonds is 3. The fraction of sp³-hybridized carbons (Fsp3) is 0.250. The maximum Gasteiger partial charge on any atom is 0.216 e. The third-order valence-corrected chi connectivity index (χ3v) is 7.39. The molecule has 0 saturated heterocycles. The lowest BCUT2D eigenvalue weighted by Gasteiger charge is -2.12. The maximum atomic E-state index is 9.90. The molecule has 0 unspecified atom stereocenters. The molecule has 172 valence electrons. The standard InChI is InChI=1S/C32H29N2O/c1-20-15-21(2)30(28-18-25(13-14-34(28)3)23-9-7-8-10-23)32-29(20)27-17-22(19-33)16-26(31(27)35-32)24-11-5-4-6-12-24/h4-6,11-18,23H,7-10H2,1-3H3/q+1/i4D,5D,6D,11D,12D. The smallest absolute Gasteiger partial charge is 0.216 e. The Bertz CT molecular complexity index is 1880. The number of fused-ring (bicyclic) bond motifs is 3. The van der Waals surface area contributed by atoms with E-state index in [1.54, 1.807) is 12.1 Å². The Hall–Kier alpha value is -3.90. The number of nitriles is 1. The Morgan fingerprint density at radius 2 is 1.77 bits per heavy atom. The third kappa shape index (κ3) is 3.53. The van der Waals surface area contributed by atoms with E-state index in [1.807, 2.05) is 14.0 Å². The van der Waals surface area contributed by atoms with Crippen LogP contribution in [0, 0.1) is 25.2 Å². The number of aryl methyl sites for hydroxylation is 3. The SMILES string of the molecule is [2H]c1c([2H])c([2H])c(-c2cc(C#N)cc3c2oc2c(-c4cc(C5CCCC5)cc[n+]4C)c(C)cc(C)c23)c([2H])c1[2H]. The molecule has 2 heterocycles. The van der Waals surface area contributed by atoms with Crippen LogP contribution in [0.25, 0.3) is 44.3 Å². The maximum absolute atomic E-state index is 9.90. The summed E-state index contributed by atoms with van der Waals surface area (Å²) < 4.78 is 50.4. The quantitative estimate of drug-likeness (QED) is 0.256. The van der Waals surface area contributed by atoms with Gasteiger partial charge in [-0.1, -0.05) is 49.1 Å². The molecule has 1 aliphatic rings. The number of hydrogen-bond acceptors (Lipinski definition) is 2. The molecule has 6 rings (SSSR count). The van der Waals surface area contributed by atoms with Crippen molar-refractivity contribution in [2.24, 2.45) is 7.05 Å². The van der Waals surface area contributed by atoms with Gasteiger partial charge in [-0.15, -0.1) is 0 Å². The van der Waals surface area contributed by atoms with Crippen LogP contribution in [-0.2, 0) is 7.05 Å². The van der Waals surface area contributed by atoms with E-state index in [0.29, 0.717) is 33.6 Å². The first-order valence-electron chi connectivity index (χ1n) is 14.6. The molecular formula is C32H29N2O+. The van der Waals surface area contributed by atoms with E-state index in [4.69, 9.17) is 11.3 Å². The van der Waals surface area contributed by atoms with Gasteiger partial charge in [-0.05, 0) is 67.0 Å².